The molecule has 1 fully saturated rings. The van der Waals surface area contributed by atoms with E-state index >= 15 is 0 Å². The molecule has 0 saturated carbocycles. The molecule has 1 N–H and O–H groups in total. The quantitative estimate of drug-likeness (QED) is 0.828. The maximum absolute atomic E-state index is 12.3. The zero-order valence-corrected chi connectivity index (χ0v) is 11.2. The van der Waals surface area contributed by atoms with Gasteiger partial charge in [-0.15, -0.1) is 0 Å². The number of amides is 1. The number of carbonyl (C=O) groups excluding carboxylic acids is 2. The molecule has 0 bridgehead atoms. The van der Waals surface area contributed by atoms with Gasteiger partial charge in [0.1, 0.15) is 5.75 Å². The Balaban J connectivity index is 1.99. The molecule has 0 aromatic heterocycles. The van der Waals surface area contributed by atoms with Crippen LogP contribution in [0.4, 0.5) is 0 Å². The molecule has 20 heavy (non-hydrogen) atoms. The standard InChI is InChI=1S/C14H17NO5/c1-19-13(17)8-12-9-15(6-7-20-12)14(18)10-2-4-11(16)5-3-10/h2-5,12,16H,6-9H2,1H3. The van der Waals surface area contributed by atoms with E-state index in [0.717, 1.165) is 0 Å². The van der Waals surface area contributed by atoms with Crippen molar-refractivity contribution in [3.05, 3.63) is 29.8 Å². The van der Waals surface area contributed by atoms with Gasteiger partial charge in [-0.2, -0.15) is 0 Å². The first kappa shape index (κ1) is 14.3. The first-order valence-electron chi connectivity index (χ1n) is 6.37. The average molecular weight is 279 g/mol. The molecule has 0 spiro atoms. The van der Waals surface area contributed by atoms with Gasteiger partial charge in [-0.25, -0.2) is 0 Å². The topological polar surface area (TPSA) is 76.1 Å². The van der Waals surface area contributed by atoms with Crippen LogP contribution in [0.3, 0.4) is 0 Å². The highest BCUT2D eigenvalue weighted by molar-refractivity contribution is 5.94. The molecular formula is C14H17NO5. The van der Waals surface area contributed by atoms with Crippen LogP contribution in [0, 0.1) is 0 Å². The van der Waals surface area contributed by atoms with Crippen LogP contribution in [-0.4, -0.2) is 54.8 Å². The highest BCUT2D eigenvalue weighted by Gasteiger charge is 2.26. The lowest BCUT2D eigenvalue weighted by Crippen LogP contribution is -2.46. The van der Waals surface area contributed by atoms with E-state index in [2.05, 4.69) is 4.74 Å². The Hall–Kier alpha value is -2.08. The molecule has 1 aromatic rings. The van der Waals surface area contributed by atoms with Crippen LogP contribution < -0.4 is 0 Å². The van der Waals surface area contributed by atoms with Crippen LogP contribution in [0.2, 0.25) is 0 Å². The fraction of sp³-hybridized carbons (Fsp3) is 0.429. The lowest BCUT2D eigenvalue weighted by molar-refractivity contribution is -0.145. The SMILES string of the molecule is COC(=O)CC1CN(C(=O)c2ccc(O)cc2)CCO1. The number of morpholine rings is 1. The number of rotatable bonds is 3. The van der Waals surface area contributed by atoms with Crippen LogP contribution >= 0.6 is 0 Å². The summed E-state index contributed by atoms with van der Waals surface area (Å²) in [6, 6.07) is 6.09. The number of esters is 1. The zero-order chi connectivity index (χ0) is 14.5. The van der Waals surface area contributed by atoms with Crippen molar-refractivity contribution in [2.24, 2.45) is 0 Å². The minimum Gasteiger partial charge on any atom is -0.508 e. The van der Waals surface area contributed by atoms with Gasteiger partial charge in [0.2, 0.25) is 0 Å². The number of benzene rings is 1. The van der Waals surface area contributed by atoms with E-state index in [9.17, 15) is 14.7 Å². The summed E-state index contributed by atoms with van der Waals surface area (Å²) in [6.45, 7) is 1.23. The van der Waals surface area contributed by atoms with Gasteiger partial charge in [-0.05, 0) is 24.3 Å². The molecule has 0 aliphatic carbocycles. The van der Waals surface area contributed by atoms with E-state index in [0.29, 0.717) is 25.3 Å². The summed E-state index contributed by atoms with van der Waals surface area (Å²) in [5, 5.41) is 9.22. The normalized spacial score (nSPS) is 18.6. The van der Waals surface area contributed by atoms with Gasteiger partial charge in [-0.3, -0.25) is 9.59 Å². The third-order valence-electron chi connectivity index (χ3n) is 3.16. The Morgan fingerprint density at radius 2 is 2.10 bits per heavy atom. The van der Waals surface area contributed by atoms with Gasteiger partial charge in [0.05, 0.1) is 26.2 Å². The van der Waals surface area contributed by atoms with Crippen LogP contribution in [0.1, 0.15) is 16.8 Å². The number of phenolic OH excluding ortho intramolecular Hbond substituents is 1. The summed E-state index contributed by atoms with van der Waals surface area (Å²) in [5.74, 6) is -0.371. The molecule has 1 atom stereocenters. The maximum Gasteiger partial charge on any atom is 0.308 e. The monoisotopic (exact) mass is 279 g/mol. The van der Waals surface area contributed by atoms with Gasteiger partial charge in [0.25, 0.3) is 5.91 Å². The van der Waals surface area contributed by atoms with Gasteiger partial charge >= 0.3 is 5.97 Å². The number of phenols is 1. The minimum atomic E-state index is -0.353. The maximum atomic E-state index is 12.3. The van der Waals surface area contributed by atoms with Crippen molar-refractivity contribution >= 4 is 11.9 Å². The van der Waals surface area contributed by atoms with Gasteiger partial charge in [0, 0.05) is 18.7 Å². The van der Waals surface area contributed by atoms with Crippen LogP contribution in [-0.2, 0) is 14.3 Å². The molecule has 1 amide bonds. The molecular weight excluding hydrogens is 262 g/mol. The second kappa shape index (κ2) is 6.38. The molecule has 108 valence electrons. The van der Waals surface area contributed by atoms with E-state index in [1.807, 2.05) is 0 Å². The van der Waals surface area contributed by atoms with E-state index in [1.54, 1.807) is 17.0 Å². The molecule has 1 aliphatic rings. The van der Waals surface area contributed by atoms with Crippen LogP contribution in [0.15, 0.2) is 24.3 Å². The number of hydrogen-bond donors (Lipinski definition) is 1. The van der Waals surface area contributed by atoms with Gasteiger partial charge in [-0.1, -0.05) is 0 Å². The predicted molar refractivity (Wildman–Crippen MR) is 70.4 cm³/mol. The summed E-state index contributed by atoms with van der Waals surface area (Å²) in [7, 11) is 1.32. The lowest BCUT2D eigenvalue weighted by Gasteiger charge is -2.32. The second-order valence-corrected chi connectivity index (χ2v) is 4.57. The number of hydrogen-bond acceptors (Lipinski definition) is 5. The Morgan fingerprint density at radius 1 is 1.40 bits per heavy atom. The summed E-state index contributed by atoms with van der Waals surface area (Å²) in [6.07, 6.45) is -0.201. The highest BCUT2D eigenvalue weighted by Crippen LogP contribution is 2.15. The number of carbonyl (C=O) groups is 2. The van der Waals surface area contributed by atoms with E-state index < -0.39 is 0 Å². The van der Waals surface area contributed by atoms with Crippen LogP contribution in [0.25, 0.3) is 0 Å². The summed E-state index contributed by atoms with van der Waals surface area (Å²) in [4.78, 5) is 25.2. The summed E-state index contributed by atoms with van der Waals surface area (Å²) in [5.41, 5.74) is 0.501. The first-order valence-corrected chi connectivity index (χ1v) is 6.37. The van der Waals surface area contributed by atoms with Gasteiger partial charge in [0.15, 0.2) is 0 Å². The van der Waals surface area contributed by atoms with Crippen molar-refractivity contribution < 1.29 is 24.2 Å². The number of nitrogens with zero attached hydrogens (tertiary/aromatic N) is 1. The van der Waals surface area contributed by atoms with Crippen molar-refractivity contribution in [1.29, 1.82) is 0 Å². The second-order valence-electron chi connectivity index (χ2n) is 4.57. The third-order valence-corrected chi connectivity index (χ3v) is 3.16. The number of ether oxygens (including phenoxy) is 2. The molecule has 1 unspecified atom stereocenters. The zero-order valence-electron chi connectivity index (χ0n) is 11.2. The molecule has 6 heteroatoms. The molecule has 1 aromatic carbocycles. The lowest BCUT2D eigenvalue weighted by atomic mass is 10.1. The number of methoxy groups -OCH3 is 1. The molecule has 2 rings (SSSR count). The molecule has 1 heterocycles. The third kappa shape index (κ3) is 3.48. The van der Waals surface area contributed by atoms with Crippen molar-refractivity contribution in [3.8, 4) is 5.75 Å². The first-order chi connectivity index (χ1) is 9.60. The van der Waals surface area contributed by atoms with E-state index in [4.69, 9.17) is 4.74 Å². The molecule has 6 nitrogen and oxygen atoms in total. The van der Waals surface area contributed by atoms with Crippen LogP contribution in [0.5, 0.6) is 5.75 Å². The fourth-order valence-electron chi connectivity index (χ4n) is 2.08. The van der Waals surface area contributed by atoms with Crippen molar-refractivity contribution in [1.82, 2.24) is 4.90 Å². The van der Waals surface area contributed by atoms with E-state index in [-0.39, 0.29) is 30.2 Å². The van der Waals surface area contributed by atoms with E-state index in [1.165, 1.54) is 19.2 Å². The predicted octanol–water partition coefficient (Wildman–Crippen LogP) is 0.796. The smallest absolute Gasteiger partial charge is 0.308 e. The van der Waals surface area contributed by atoms with Crippen molar-refractivity contribution in [2.75, 3.05) is 26.8 Å². The summed E-state index contributed by atoms with van der Waals surface area (Å²) >= 11 is 0. The molecule has 1 saturated heterocycles. The number of aromatic hydroxyl groups is 1. The van der Waals surface area contributed by atoms with Gasteiger partial charge < -0.3 is 19.5 Å². The summed E-state index contributed by atoms with van der Waals surface area (Å²) < 4.78 is 10.0. The van der Waals surface area contributed by atoms with Crippen molar-refractivity contribution in [3.63, 3.8) is 0 Å². The Bertz CT molecular complexity index is 485. The average Bonchev–Trinajstić information content (AvgIpc) is 2.47. The minimum absolute atomic E-state index is 0.118. The molecule has 0 radical (unpaired) electrons. The Labute approximate surface area is 116 Å². The molecule has 1 aliphatic heterocycles. The largest absolute Gasteiger partial charge is 0.508 e. The van der Waals surface area contributed by atoms with Crippen molar-refractivity contribution in [2.45, 2.75) is 12.5 Å². The highest BCUT2D eigenvalue weighted by atomic mass is 16.5. The Morgan fingerprint density at radius 3 is 2.75 bits per heavy atom. The fourth-order valence-corrected chi connectivity index (χ4v) is 2.08. The Kier molecular flexibility index (Phi) is 4.57.